The SMILES string of the molecule is CO[C@H]1C[C@H](F)[C@H](C(=O)O[C@@H](C)c2cccc3ccccc23)C[C@@H]1Oc1ccc(C(=O)O)cc1. The van der Waals surface area contributed by atoms with Crippen molar-refractivity contribution in [3.8, 4) is 5.75 Å². The highest BCUT2D eigenvalue weighted by molar-refractivity contribution is 5.87. The number of halogens is 1. The van der Waals surface area contributed by atoms with Crippen molar-refractivity contribution < 1.29 is 33.3 Å². The Bertz CT molecular complexity index is 1160. The number of hydrogen-bond acceptors (Lipinski definition) is 5. The Morgan fingerprint density at radius 3 is 2.38 bits per heavy atom. The van der Waals surface area contributed by atoms with E-state index in [0.29, 0.717) is 5.75 Å². The fourth-order valence-corrected chi connectivity index (χ4v) is 4.48. The van der Waals surface area contributed by atoms with Gasteiger partial charge in [0.25, 0.3) is 0 Å². The molecule has 178 valence electrons. The van der Waals surface area contributed by atoms with Crippen LogP contribution in [0.15, 0.2) is 66.7 Å². The van der Waals surface area contributed by atoms with Crippen LogP contribution in [-0.2, 0) is 14.3 Å². The molecule has 7 heteroatoms. The molecule has 1 N–H and O–H groups in total. The Hall–Kier alpha value is -3.45. The van der Waals surface area contributed by atoms with Gasteiger partial charge in [0.15, 0.2) is 0 Å². The monoisotopic (exact) mass is 466 g/mol. The first-order valence-corrected chi connectivity index (χ1v) is 11.2. The van der Waals surface area contributed by atoms with Crippen LogP contribution in [-0.4, -0.2) is 42.5 Å². The fraction of sp³-hybridized carbons (Fsp3) is 0.333. The predicted octanol–water partition coefficient (Wildman–Crippen LogP) is 5.35. The summed E-state index contributed by atoms with van der Waals surface area (Å²) in [4.78, 5) is 24.1. The first kappa shape index (κ1) is 23.7. The lowest BCUT2D eigenvalue weighted by Crippen LogP contribution is -2.47. The number of methoxy groups -OCH3 is 1. The van der Waals surface area contributed by atoms with Crippen molar-refractivity contribution in [2.45, 2.75) is 44.2 Å². The van der Waals surface area contributed by atoms with Crippen LogP contribution in [0.25, 0.3) is 10.8 Å². The Balaban J connectivity index is 1.47. The van der Waals surface area contributed by atoms with Crippen LogP contribution in [0.3, 0.4) is 0 Å². The van der Waals surface area contributed by atoms with Gasteiger partial charge in [-0.1, -0.05) is 42.5 Å². The molecule has 6 nitrogen and oxygen atoms in total. The van der Waals surface area contributed by atoms with E-state index in [0.717, 1.165) is 16.3 Å². The van der Waals surface area contributed by atoms with Crippen LogP contribution in [0.4, 0.5) is 4.39 Å². The molecule has 0 aliphatic heterocycles. The minimum absolute atomic E-state index is 0.00318. The van der Waals surface area contributed by atoms with Gasteiger partial charge in [-0.15, -0.1) is 0 Å². The molecule has 0 spiro atoms. The van der Waals surface area contributed by atoms with E-state index in [4.69, 9.17) is 19.3 Å². The molecular weight excluding hydrogens is 439 g/mol. The molecule has 34 heavy (non-hydrogen) atoms. The molecule has 0 heterocycles. The molecule has 3 aromatic rings. The van der Waals surface area contributed by atoms with E-state index in [1.807, 2.05) is 42.5 Å². The molecule has 4 rings (SSSR count). The molecule has 1 fully saturated rings. The van der Waals surface area contributed by atoms with Crippen molar-refractivity contribution >= 4 is 22.7 Å². The second kappa shape index (κ2) is 10.2. The fourth-order valence-electron chi connectivity index (χ4n) is 4.48. The van der Waals surface area contributed by atoms with E-state index in [2.05, 4.69) is 0 Å². The Morgan fingerprint density at radius 1 is 0.971 bits per heavy atom. The number of aromatic carboxylic acids is 1. The summed E-state index contributed by atoms with van der Waals surface area (Å²) in [6.45, 7) is 1.78. The molecule has 3 aromatic carbocycles. The van der Waals surface area contributed by atoms with Gasteiger partial charge in [0, 0.05) is 20.0 Å². The summed E-state index contributed by atoms with van der Waals surface area (Å²) in [6.07, 6.45) is -3.02. The molecule has 0 amide bonds. The highest BCUT2D eigenvalue weighted by atomic mass is 19.1. The zero-order valence-electron chi connectivity index (χ0n) is 19.0. The first-order chi connectivity index (χ1) is 16.4. The molecule has 1 saturated carbocycles. The van der Waals surface area contributed by atoms with Crippen LogP contribution in [0.1, 0.15) is 41.8 Å². The highest BCUT2D eigenvalue weighted by Crippen LogP contribution is 2.35. The van der Waals surface area contributed by atoms with Gasteiger partial charge in [0.2, 0.25) is 0 Å². The second-order valence-corrected chi connectivity index (χ2v) is 8.50. The Morgan fingerprint density at radius 2 is 1.68 bits per heavy atom. The highest BCUT2D eigenvalue weighted by Gasteiger charge is 2.43. The van der Waals surface area contributed by atoms with Gasteiger partial charge in [-0.2, -0.15) is 0 Å². The van der Waals surface area contributed by atoms with Gasteiger partial charge in [-0.3, -0.25) is 4.79 Å². The number of carbonyl (C=O) groups is 2. The third-order valence-electron chi connectivity index (χ3n) is 6.34. The maximum absolute atomic E-state index is 15.0. The number of carboxylic acids is 1. The number of alkyl halides is 1. The van der Waals surface area contributed by atoms with Gasteiger partial charge in [-0.25, -0.2) is 9.18 Å². The van der Waals surface area contributed by atoms with E-state index in [9.17, 15) is 14.0 Å². The summed E-state index contributed by atoms with van der Waals surface area (Å²) in [5, 5.41) is 11.1. The van der Waals surface area contributed by atoms with Gasteiger partial charge in [0.1, 0.15) is 24.1 Å². The van der Waals surface area contributed by atoms with Crippen molar-refractivity contribution in [2.75, 3.05) is 7.11 Å². The summed E-state index contributed by atoms with van der Waals surface area (Å²) in [7, 11) is 1.47. The summed E-state index contributed by atoms with van der Waals surface area (Å²) in [5.74, 6) is -2.22. The third-order valence-corrected chi connectivity index (χ3v) is 6.34. The van der Waals surface area contributed by atoms with Crippen molar-refractivity contribution in [2.24, 2.45) is 5.92 Å². The molecule has 0 bridgehead atoms. The molecule has 0 aromatic heterocycles. The number of rotatable bonds is 7. The van der Waals surface area contributed by atoms with E-state index < -0.39 is 42.3 Å². The number of carboxylic acid groups (broad SMARTS) is 1. The minimum atomic E-state index is -1.42. The van der Waals surface area contributed by atoms with Crippen LogP contribution < -0.4 is 4.74 Å². The summed E-state index contributed by atoms with van der Waals surface area (Å²) in [6, 6.07) is 19.6. The summed E-state index contributed by atoms with van der Waals surface area (Å²) >= 11 is 0. The first-order valence-electron chi connectivity index (χ1n) is 11.2. The standard InChI is InChI=1S/C27H27FO6/c1-16(20-9-5-7-17-6-3-4-8-21(17)20)33-27(31)22-14-25(24(32-2)15-23(22)28)34-19-12-10-18(11-13-19)26(29)30/h3-13,16,22-25H,14-15H2,1-2H3,(H,29,30)/t16-,22+,23-,24-,25-/m0/s1. The Labute approximate surface area is 197 Å². The van der Waals surface area contributed by atoms with Crippen LogP contribution in [0, 0.1) is 5.92 Å². The summed E-state index contributed by atoms with van der Waals surface area (Å²) in [5.41, 5.74) is 0.991. The maximum atomic E-state index is 15.0. The number of fused-ring (bicyclic) bond motifs is 1. The van der Waals surface area contributed by atoms with Crippen molar-refractivity contribution in [3.63, 3.8) is 0 Å². The van der Waals surface area contributed by atoms with Crippen LogP contribution >= 0.6 is 0 Å². The van der Waals surface area contributed by atoms with Gasteiger partial charge < -0.3 is 19.3 Å². The van der Waals surface area contributed by atoms with Crippen LogP contribution in [0.2, 0.25) is 0 Å². The molecule has 0 unspecified atom stereocenters. The van der Waals surface area contributed by atoms with E-state index >= 15 is 0 Å². The lowest BCUT2D eigenvalue weighted by Gasteiger charge is -2.36. The molecular formula is C27H27FO6. The maximum Gasteiger partial charge on any atom is 0.335 e. The molecule has 1 aliphatic rings. The van der Waals surface area contributed by atoms with Crippen LogP contribution in [0.5, 0.6) is 5.75 Å². The molecule has 1 aliphatic carbocycles. The molecule has 5 atom stereocenters. The zero-order valence-corrected chi connectivity index (χ0v) is 19.0. The smallest absolute Gasteiger partial charge is 0.335 e. The van der Waals surface area contributed by atoms with Crippen molar-refractivity contribution in [1.82, 2.24) is 0 Å². The quantitative estimate of drug-likeness (QED) is 0.473. The Kier molecular flexibility index (Phi) is 7.12. The number of hydrogen-bond donors (Lipinski definition) is 1. The normalized spacial score (nSPS) is 23.3. The van der Waals surface area contributed by atoms with E-state index in [-0.39, 0.29) is 18.4 Å². The predicted molar refractivity (Wildman–Crippen MR) is 125 cm³/mol. The number of carbonyl (C=O) groups excluding carboxylic acids is 1. The lowest BCUT2D eigenvalue weighted by atomic mass is 9.83. The van der Waals surface area contributed by atoms with Gasteiger partial charge in [0.05, 0.1) is 17.6 Å². The molecule has 0 saturated heterocycles. The van der Waals surface area contributed by atoms with E-state index in [1.165, 1.54) is 31.4 Å². The van der Waals surface area contributed by atoms with Gasteiger partial charge >= 0.3 is 11.9 Å². The third kappa shape index (κ3) is 5.04. The minimum Gasteiger partial charge on any atom is -0.488 e. The molecule has 0 radical (unpaired) electrons. The average Bonchev–Trinajstić information content (AvgIpc) is 2.84. The zero-order chi connectivity index (χ0) is 24.2. The second-order valence-electron chi connectivity index (χ2n) is 8.50. The van der Waals surface area contributed by atoms with E-state index in [1.54, 1.807) is 6.92 Å². The van der Waals surface area contributed by atoms with Crippen molar-refractivity contribution in [3.05, 3.63) is 77.9 Å². The van der Waals surface area contributed by atoms with Crippen molar-refractivity contribution in [1.29, 1.82) is 0 Å². The van der Waals surface area contributed by atoms with Gasteiger partial charge in [-0.05, 0) is 47.5 Å². The topological polar surface area (TPSA) is 82.1 Å². The number of ether oxygens (including phenoxy) is 3. The number of benzene rings is 3. The summed E-state index contributed by atoms with van der Waals surface area (Å²) < 4.78 is 32.1. The lowest BCUT2D eigenvalue weighted by molar-refractivity contribution is -0.162. The average molecular weight is 467 g/mol. The largest absolute Gasteiger partial charge is 0.488 e. The number of esters is 1.